The highest BCUT2D eigenvalue weighted by Crippen LogP contribution is 2.31. The van der Waals surface area contributed by atoms with Crippen LogP contribution in [0.5, 0.6) is 0 Å². The first-order valence-corrected chi connectivity index (χ1v) is 9.50. The van der Waals surface area contributed by atoms with Crippen LogP contribution in [0.15, 0.2) is 48.5 Å². The van der Waals surface area contributed by atoms with Crippen molar-refractivity contribution in [2.45, 2.75) is 31.9 Å². The van der Waals surface area contributed by atoms with Gasteiger partial charge in [-0.25, -0.2) is 13.1 Å². The maximum absolute atomic E-state index is 12.5. The van der Waals surface area contributed by atoms with Crippen LogP contribution in [-0.4, -0.2) is 15.0 Å². The van der Waals surface area contributed by atoms with Gasteiger partial charge in [0.1, 0.15) is 4.75 Å². The van der Waals surface area contributed by atoms with Gasteiger partial charge in [0.25, 0.3) is 0 Å². The summed E-state index contributed by atoms with van der Waals surface area (Å²) in [7, 11) is -3.43. The van der Waals surface area contributed by atoms with E-state index in [0.717, 1.165) is 23.1 Å². The van der Waals surface area contributed by atoms with Gasteiger partial charge in [-0.05, 0) is 49.1 Å². The van der Waals surface area contributed by atoms with E-state index in [4.69, 9.17) is 11.6 Å². The fourth-order valence-electron chi connectivity index (χ4n) is 2.28. The van der Waals surface area contributed by atoms with E-state index in [1.165, 1.54) is 0 Å². The molecule has 0 aliphatic carbocycles. The molecular formula is C18H22ClNO2S. The van der Waals surface area contributed by atoms with E-state index in [1.807, 2.05) is 55.5 Å². The Balaban J connectivity index is 2.29. The number of hydrogen-bond donors (Lipinski definition) is 1. The standard InChI is InChI=1S/C18H22ClNO2S/c1-4-13-20-23(21,22)18(2,3)16-9-5-14(6-10-16)15-7-11-17(19)12-8-15/h5-12,20H,4,13H2,1-3H3. The van der Waals surface area contributed by atoms with Crippen molar-refractivity contribution in [2.24, 2.45) is 0 Å². The Labute approximate surface area is 143 Å². The lowest BCUT2D eigenvalue weighted by atomic mass is 9.98. The van der Waals surface area contributed by atoms with E-state index in [1.54, 1.807) is 13.8 Å². The summed E-state index contributed by atoms with van der Waals surface area (Å²) in [6, 6.07) is 15.2. The molecule has 0 spiro atoms. The molecule has 0 aliphatic rings. The second kappa shape index (κ2) is 7.04. The van der Waals surface area contributed by atoms with Gasteiger partial charge in [-0.3, -0.25) is 0 Å². The zero-order valence-electron chi connectivity index (χ0n) is 13.6. The van der Waals surface area contributed by atoms with Crippen molar-refractivity contribution in [2.75, 3.05) is 6.54 Å². The van der Waals surface area contributed by atoms with Gasteiger partial charge in [0.2, 0.25) is 10.0 Å². The summed E-state index contributed by atoms with van der Waals surface area (Å²) in [5.74, 6) is 0. The molecule has 0 radical (unpaired) electrons. The number of rotatable bonds is 6. The molecule has 0 fully saturated rings. The average Bonchev–Trinajstić information content (AvgIpc) is 2.53. The number of benzene rings is 2. The molecule has 0 saturated carbocycles. The molecular weight excluding hydrogens is 330 g/mol. The minimum Gasteiger partial charge on any atom is -0.214 e. The second-order valence-corrected chi connectivity index (χ2v) is 8.74. The molecule has 0 aliphatic heterocycles. The van der Waals surface area contributed by atoms with Gasteiger partial charge < -0.3 is 0 Å². The summed E-state index contributed by atoms with van der Waals surface area (Å²) in [4.78, 5) is 0. The van der Waals surface area contributed by atoms with E-state index in [2.05, 4.69) is 4.72 Å². The molecule has 2 rings (SSSR count). The van der Waals surface area contributed by atoms with Gasteiger partial charge >= 0.3 is 0 Å². The minimum absolute atomic E-state index is 0.453. The van der Waals surface area contributed by atoms with Crippen LogP contribution in [0, 0.1) is 0 Å². The van der Waals surface area contributed by atoms with Crippen molar-refractivity contribution in [1.29, 1.82) is 0 Å². The molecule has 0 heterocycles. The summed E-state index contributed by atoms with van der Waals surface area (Å²) < 4.78 is 26.6. The van der Waals surface area contributed by atoms with Crippen LogP contribution in [-0.2, 0) is 14.8 Å². The Morgan fingerprint density at radius 1 is 0.957 bits per heavy atom. The van der Waals surface area contributed by atoms with Crippen LogP contribution in [0.1, 0.15) is 32.8 Å². The quantitative estimate of drug-likeness (QED) is 0.828. The number of halogens is 1. The number of nitrogens with one attached hydrogen (secondary N) is 1. The molecule has 2 aromatic rings. The van der Waals surface area contributed by atoms with Crippen molar-refractivity contribution in [1.82, 2.24) is 4.72 Å². The lowest BCUT2D eigenvalue weighted by molar-refractivity contribution is 0.539. The largest absolute Gasteiger partial charge is 0.221 e. The average molecular weight is 352 g/mol. The van der Waals surface area contributed by atoms with Gasteiger partial charge in [0, 0.05) is 11.6 Å². The fourth-order valence-corrected chi connectivity index (χ4v) is 3.68. The predicted octanol–water partition coefficient (Wildman–Crippen LogP) is 4.57. The van der Waals surface area contributed by atoms with Crippen LogP contribution in [0.3, 0.4) is 0 Å². The van der Waals surface area contributed by atoms with Crippen LogP contribution in [0.4, 0.5) is 0 Å². The monoisotopic (exact) mass is 351 g/mol. The van der Waals surface area contributed by atoms with E-state index in [9.17, 15) is 8.42 Å². The highest BCUT2D eigenvalue weighted by molar-refractivity contribution is 7.90. The molecule has 2 aromatic carbocycles. The molecule has 23 heavy (non-hydrogen) atoms. The maximum Gasteiger partial charge on any atom is 0.221 e. The van der Waals surface area contributed by atoms with Gasteiger partial charge in [-0.1, -0.05) is 54.9 Å². The minimum atomic E-state index is -3.43. The van der Waals surface area contributed by atoms with Crippen LogP contribution < -0.4 is 4.72 Å². The topological polar surface area (TPSA) is 46.2 Å². The van der Waals surface area contributed by atoms with Gasteiger partial charge in [0.05, 0.1) is 0 Å². The zero-order valence-corrected chi connectivity index (χ0v) is 15.2. The Bertz CT molecular complexity index is 751. The molecule has 5 heteroatoms. The molecule has 3 nitrogen and oxygen atoms in total. The van der Waals surface area contributed by atoms with Gasteiger partial charge in [-0.15, -0.1) is 0 Å². The highest BCUT2D eigenvalue weighted by atomic mass is 35.5. The smallest absolute Gasteiger partial charge is 0.214 e. The molecule has 0 aromatic heterocycles. The summed E-state index contributed by atoms with van der Waals surface area (Å²) in [5.41, 5.74) is 2.84. The summed E-state index contributed by atoms with van der Waals surface area (Å²) in [6.45, 7) is 5.84. The molecule has 0 atom stereocenters. The first-order valence-electron chi connectivity index (χ1n) is 7.63. The molecule has 0 saturated heterocycles. The first kappa shape index (κ1) is 18.0. The Morgan fingerprint density at radius 2 is 1.43 bits per heavy atom. The van der Waals surface area contributed by atoms with Crippen molar-refractivity contribution in [3.63, 3.8) is 0 Å². The SMILES string of the molecule is CCCNS(=O)(=O)C(C)(C)c1ccc(-c2ccc(Cl)cc2)cc1. The maximum atomic E-state index is 12.5. The van der Waals surface area contributed by atoms with E-state index < -0.39 is 14.8 Å². The number of sulfonamides is 1. The number of hydrogen-bond acceptors (Lipinski definition) is 2. The van der Waals surface area contributed by atoms with Gasteiger partial charge in [0.15, 0.2) is 0 Å². The fraction of sp³-hybridized carbons (Fsp3) is 0.333. The molecule has 0 amide bonds. The third-order valence-corrected chi connectivity index (χ3v) is 6.39. The van der Waals surface area contributed by atoms with Crippen molar-refractivity contribution in [3.05, 3.63) is 59.1 Å². The Hall–Kier alpha value is -1.36. The van der Waals surface area contributed by atoms with Crippen LogP contribution in [0.25, 0.3) is 11.1 Å². The third kappa shape index (κ3) is 3.94. The van der Waals surface area contributed by atoms with E-state index in [-0.39, 0.29) is 0 Å². The third-order valence-electron chi connectivity index (χ3n) is 3.97. The normalized spacial score (nSPS) is 12.3. The summed E-state index contributed by atoms with van der Waals surface area (Å²) in [6.07, 6.45) is 0.769. The molecule has 0 unspecified atom stereocenters. The zero-order chi connectivity index (χ0) is 17.1. The van der Waals surface area contributed by atoms with E-state index >= 15 is 0 Å². The Kier molecular flexibility index (Phi) is 5.50. The van der Waals surface area contributed by atoms with Gasteiger partial charge in [-0.2, -0.15) is 0 Å². The summed E-state index contributed by atoms with van der Waals surface area (Å²) >= 11 is 5.90. The van der Waals surface area contributed by atoms with Crippen LogP contribution in [0.2, 0.25) is 5.02 Å². The summed E-state index contributed by atoms with van der Waals surface area (Å²) in [5, 5.41) is 0.694. The first-order chi connectivity index (χ1) is 10.8. The second-order valence-electron chi connectivity index (χ2n) is 5.99. The molecule has 124 valence electrons. The lowest BCUT2D eigenvalue weighted by Gasteiger charge is -2.26. The van der Waals surface area contributed by atoms with Crippen molar-refractivity contribution >= 4 is 21.6 Å². The van der Waals surface area contributed by atoms with Crippen molar-refractivity contribution in [3.8, 4) is 11.1 Å². The van der Waals surface area contributed by atoms with E-state index in [0.29, 0.717) is 11.6 Å². The Morgan fingerprint density at radius 3 is 1.91 bits per heavy atom. The predicted molar refractivity (Wildman–Crippen MR) is 97.1 cm³/mol. The lowest BCUT2D eigenvalue weighted by Crippen LogP contribution is -2.39. The molecule has 0 bridgehead atoms. The molecule has 1 N–H and O–H groups in total. The highest BCUT2D eigenvalue weighted by Gasteiger charge is 2.35. The van der Waals surface area contributed by atoms with Crippen LogP contribution >= 0.6 is 11.6 Å². The van der Waals surface area contributed by atoms with Crippen molar-refractivity contribution < 1.29 is 8.42 Å².